The minimum absolute atomic E-state index is 0.0999. The summed E-state index contributed by atoms with van der Waals surface area (Å²) < 4.78 is 5.25. The first-order valence-electron chi connectivity index (χ1n) is 6.68. The van der Waals surface area contributed by atoms with Gasteiger partial charge in [0.25, 0.3) is 0 Å². The Kier molecular flexibility index (Phi) is 5.92. The highest BCUT2D eigenvalue weighted by Crippen LogP contribution is 2.08. The van der Waals surface area contributed by atoms with Gasteiger partial charge >= 0.3 is 0 Å². The normalized spacial score (nSPS) is 22.0. The van der Waals surface area contributed by atoms with Crippen LogP contribution in [0, 0.1) is 5.92 Å². The molecule has 0 bridgehead atoms. The minimum atomic E-state index is -0.0999. The van der Waals surface area contributed by atoms with Gasteiger partial charge in [0, 0.05) is 19.1 Å². The van der Waals surface area contributed by atoms with Crippen molar-refractivity contribution >= 4 is 5.91 Å². The summed E-state index contributed by atoms with van der Waals surface area (Å²) in [5, 5.41) is 3.40. The van der Waals surface area contributed by atoms with E-state index in [1.807, 2.05) is 11.8 Å². The number of carbonyl (C=O) groups is 1. The fourth-order valence-electron chi connectivity index (χ4n) is 2.04. The zero-order valence-electron chi connectivity index (χ0n) is 11.5. The number of amides is 1. The summed E-state index contributed by atoms with van der Waals surface area (Å²) in [6.45, 7) is 11.3. The largest absolute Gasteiger partial charge is 0.378 e. The van der Waals surface area contributed by atoms with Gasteiger partial charge in [-0.3, -0.25) is 4.79 Å². The smallest absolute Gasteiger partial charge is 0.239 e. The Morgan fingerprint density at radius 2 is 1.88 bits per heavy atom. The van der Waals surface area contributed by atoms with Crippen molar-refractivity contribution in [3.8, 4) is 0 Å². The third kappa shape index (κ3) is 4.28. The van der Waals surface area contributed by atoms with E-state index < -0.39 is 0 Å². The molecule has 4 nitrogen and oxygen atoms in total. The van der Waals surface area contributed by atoms with Crippen molar-refractivity contribution in [1.29, 1.82) is 0 Å². The van der Waals surface area contributed by atoms with Crippen LogP contribution in [0.4, 0.5) is 0 Å². The minimum Gasteiger partial charge on any atom is -0.378 e. The molecule has 1 N–H and O–H groups in total. The predicted molar refractivity (Wildman–Crippen MR) is 68.9 cm³/mol. The van der Waals surface area contributed by atoms with E-state index in [0.717, 1.165) is 19.5 Å². The molecule has 4 heteroatoms. The van der Waals surface area contributed by atoms with Crippen molar-refractivity contribution < 1.29 is 9.53 Å². The van der Waals surface area contributed by atoms with E-state index in [0.29, 0.717) is 25.2 Å². The van der Waals surface area contributed by atoms with E-state index >= 15 is 0 Å². The molecule has 1 aliphatic rings. The van der Waals surface area contributed by atoms with E-state index in [9.17, 15) is 4.79 Å². The average molecular weight is 242 g/mol. The fourth-order valence-corrected chi connectivity index (χ4v) is 2.04. The monoisotopic (exact) mass is 242 g/mol. The van der Waals surface area contributed by atoms with E-state index in [1.165, 1.54) is 0 Å². The standard InChI is InChI=1S/C13H26N2O2/c1-5-10(2)11(3)14-12(4)13(16)15-6-8-17-9-7-15/h10-12,14H,5-9H2,1-4H3. The highest BCUT2D eigenvalue weighted by Gasteiger charge is 2.24. The molecule has 3 atom stereocenters. The van der Waals surface area contributed by atoms with Gasteiger partial charge in [-0.2, -0.15) is 0 Å². The second kappa shape index (κ2) is 6.97. The predicted octanol–water partition coefficient (Wildman–Crippen LogP) is 1.26. The Labute approximate surface area is 105 Å². The van der Waals surface area contributed by atoms with Crippen molar-refractivity contribution in [2.45, 2.75) is 46.2 Å². The molecule has 100 valence electrons. The third-order valence-corrected chi connectivity index (χ3v) is 3.70. The molecule has 1 rings (SSSR count). The molecule has 1 saturated heterocycles. The molecule has 0 radical (unpaired) electrons. The van der Waals surface area contributed by atoms with Gasteiger partial charge in [-0.1, -0.05) is 20.3 Å². The summed E-state index contributed by atoms with van der Waals surface area (Å²) >= 11 is 0. The summed E-state index contributed by atoms with van der Waals surface area (Å²) in [6.07, 6.45) is 1.13. The van der Waals surface area contributed by atoms with Crippen molar-refractivity contribution in [2.24, 2.45) is 5.92 Å². The Balaban J connectivity index is 2.40. The van der Waals surface area contributed by atoms with Crippen LogP contribution in [0.2, 0.25) is 0 Å². The molecular formula is C13H26N2O2. The Hall–Kier alpha value is -0.610. The van der Waals surface area contributed by atoms with Crippen LogP contribution in [-0.4, -0.2) is 49.2 Å². The maximum atomic E-state index is 12.2. The van der Waals surface area contributed by atoms with Crippen LogP contribution < -0.4 is 5.32 Å². The van der Waals surface area contributed by atoms with Gasteiger partial charge in [-0.15, -0.1) is 0 Å². The Morgan fingerprint density at radius 3 is 2.41 bits per heavy atom. The van der Waals surface area contributed by atoms with Crippen LogP contribution in [0.3, 0.4) is 0 Å². The summed E-state index contributed by atoms with van der Waals surface area (Å²) in [5.41, 5.74) is 0. The summed E-state index contributed by atoms with van der Waals surface area (Å²) in [7, 11) is 0. The van der Waals surface area contributed by atoms with Crippen molar-refractivity contribution in [1.82, 2.24) is 10.2 Å². The highest BCUT2D eigenvalue weighted by molar-refractivity contribution is 5.81. The molecule has 1 fully saturated rings. The number of nitrogens with one attached hydrogen (secondary N) is 1. The summed E-state index contributed by atoms with van der Waals surface area (Å²) in [4.78, 5) is 14.0. The maximum Gasteiger partial charge on any atom is 0.239 e. The average Bonchev–Trinajstić information content (AvgIpc) is 2.37. The van der Waals surface area contributed by atoms with Gasteiger partial charge in [0.2, 0.25) is 5.91 Å². The second-order valence-electron chi connectivity index (χ2n) is 5.00. The molecule has 1 amide bonds. The van der Waals surface area contributed by atoms with E-state index in [2.05, 4.69) is 26.1 Å². The van der Waals surface area contributed by atoms with Crippen molar-refractivity contribution in [3.63, 3.8) is 0 Å². The zero-order chi connectivity index (χ0) is 12.8. The summed E-state index contributed by atoms with van der Waals surface area (Å²) in [6, 6.07) is 0.275. The SMILES string of the molecule is CCC(C)C(C)NC(C)C(=O)N1CCOCC1. The molecular weight excluding hydrogens is 216 g/mol. The molecule has 0 aromatic rings. The number of ether oxygens (including phenoxy) is 1. The van der Waals surface area contributed by atoms with Crippen molar-refractivity contribution in [2.75, 3.05) is 26.3 Å². The van der Waals surface area contributed by atoms with Crippen LogP contribution in [0.1, 0.15) is 34.1 Å². The van der Waals surface area contributed by atoms with E-state index in [1.54, 1.807) is 0 Å². The molecule has 0 aliphatic carbocycles. The number of carbonyl (C=O) groups excluding carboxylic acids is 1. The summed E-state index contributed by atoms with van der Waals surface area (Å²) in [5.74, 6) is 0.790. The molecule has 1 heterocycles. The molecule has 1 aliphatic heterocycles. The van der Waals surface area contributed by atoms with Gasteiger partial charge in [-0.05, 0) is 19.8 Å². The number of hydrogen-bond donors (Lipinski definition) is 1. The second-order valence-corrected chi connectivity index (χ2v) is 5.00. The Morgan fingerprint density at radius 1 is 1.29 bits per heavy atom. The van der Waals surface area contributed by atoms with Crippen LogP contribution in [0.5, 0.6) is 0 Å². The molecule has 3 unspecified atom stereocenters. The number of morpholine rings is 1. The number of rotatable bonds is 5. The first-order chi connectivity index (χ1) is 8.06. The molecule has 0 spiro atoms. The fraction of sp³-hybridized carbons (Fsp3) is 0.923. The number of nitrogens with zero attached hydrogens (tertiary/aromatic N) is 1. The Bertz CT molecular complexity index is 240. The lowest BCUT2D eigenvalue weighted by Crippen LogP contribution is -2.51. The van der Waals surface area contributed by atoms with Gasteiger partial charge in [-0.25, -0.2) is 0 Å². The van der Waals surface area contributed by atoms with Gasteiger partial charge in [0.1, 0.15) is 0 Å². The lowest BCUT2D eigenvalue weighted by Gasteiger charge is -2.31. The lowest BCUT2D eigenvalue weighted by atomic mass is 10.00. The zero-order valence-corrected chi connectivity index (χ0v) is 11.5. The van der Waals surface area contributed by atoms with Gasteiger partial charge < -0.3 is 15.0 Å². The van der Waals surface area contributed by atoms with Gasteiger partial charge in [0.15, 0.2) is 0 Å². The maximum absolute atomic E-state index is 12.2. The van der Waals surface area contributed by atoms with Gasteiger partial charge in [0.05, 0.1) is 19.3 Å². The first kappa shape index (κ1) is 14.5. The highest BCUT2D eigenvalue weighted by atomic mass is 16.5. The molecule has 17 heavy (non-hydrogen) atoms. The third-order valence-electron chi connectivity index (χ3n) is 3.70. The quantitative estimate of drug-likeness (QED) is 0.789. The van der Waals surface area contributed by atoms with Crippen LogP contribution in [0.25, 0.3) is 0 Å². The van der Waals surface area contributed by atoms with Crippen LogP contribution in [-0.2, 0) is 9.53 Å². The molecule has 0 aromatic carbocycles. The molecule has 0 aromatic heterocycles. The lowest BCUT2D eigenvalue weighted by molar-refractivity contribution is -0.137. The number of hydrogen-bond acceptors (Lipinski definition) is 3. The van der Waals surface area contributed by atoms with Crippen LogP contribution >= 0.6 is 0 Å². The molecule has 0 saturated carbocycles. The first-order valence-corrected chi connectivity index (χ1v) is 6.68. The van der Waals surface area contributed by atoms with E-state index in [4.69, 9.17) is 4.74 Å². The van der Waals surface area contributed by atoms with Crippen molar-refractivity contribution in [3.05, 3.63) is 0 Å². The van der Waals surface area contributed by atoms with E-state index in [-0.39, 0.29) is 11.9 Å². The van der Waals surface area contributed by atoms with Crippen LogP contribution in [0.15, 0.2) is 0 Å². The topological polar surface area (TPSA) is 41.6 Å².